The molecule has 0 spiro atoms. The largest absolute Gasteiger partial charge is 0.337 e. The molecular formula is C23H20BrN3OS. The molecule has 0 saturated heterocycles. The minimum atomic E-state index is -0.0169. The molecule has 4 aromatic rings. The quantitative estimate of drug-likeness (QED) is 0.371. The van der Waals surface area contributed by atoms with Crippen LogP contribution in [0.4, 0.5) is 10.8 Å². The molecule has 0 aliphatic heterocycles. The molecule has 0 unspecified atom stereocenters. The van der Waals surface area contributed by atoms with E-state index in [1.54, 1.807) is 4.90 Å². The zero-order valence-electron chi connectivity index (χ0n) is 16.1. The van der Waals surface area contributed by atoms with Crippen LogP contribution in [0.2, 0.25) is 0 Å². The number of carbonyl (C=O) groups excluding carboxylic acids is 1. The molecule has 0 aliphatic rings. The number of halogens is 1. The third-order valence-electron chi connectivity index (χ3n) is 4.72. The van der Waals surface area contributed by atoms with Crippen molar-refractivity contribution in [3.8, 4) is 0 Å². The monoisotopic (exact) mass is 465 g/mol. The number of thiazole rings is 1. The maximum atomic E-state index is 13.1. The van der Waals surface area contributed by atoms with Crippen LogP contribution in [0.1, 0.15) is 20.9 Å². The fourth-order valence-corrected chi connectivity index (χ4v) is 4.48. The first kappa shape index (κ1) is 19.6. The molecule has 0 saturated carbocycles. The molecule has 4 nitrogen and oxygen atoms in total. The first-order valence-corrected chi connectivity index (χ1v) is 10.8. The van der Waals surface area contributed by atoms with Crippen LogP contribution in [0.15, 0.2) is 71.2 Å². The van der Waals surface area contributed by atoms with Crippen LogP contribution < -0.4 is 5.32 Å². The minimum absolute atomic E-state index is 0.0169. The highest BCUT2D eigenvalue weighted by Gasteiger charge is 2.20. The molecule has 1 N–H and O–H groups in total. The van der Waals surface area contributed by atoms with Crippen LogP contribution >= 0.6 is 27.3 Å². The van der Waals surface area contributed by atoms with Crippen molar-refractivity contribution in [2.75, 3.05) is 12.4 Å². The Morgan fingerprint density at radius 1 is 1.07 bits per heavy atom. The first-order chi connectivity index (χ1) is 14.0. The normalized spacial score (nSPS) is 10.9. The van der Waals surface area contributed by atoms with Gasteiger partial charge in [-0.3, -0.25) is 4.79 Å². The van der Waals surface area contributed by atoms with Crippen molar-refractivity contribution in [2.45, 2.75) is 13.5 Å². The predicted molar refractivity (Wildman–Crippen MR) is 124 cm³/mol. The highest BCUT2D eigenvalue weighted by Crippen LogP contribution is 2.28. The van der Waals surface area contributed by atoms with Gasteiger partial charge in [-0.05, 0) is 47.5 Å². The summed E-state index contributed by atoms with van der Waals surface area (Å²) in [6.45, 7) is 2.43. The van der Waals surface area contributed by atoms with Gasteiger partial charge in [0.15, 0.2) is 5.13 Å². The fourth-order valence-electron chi connectivity index (χ4n) is 3.24. The number of benzene rings is 3. The van der Waals surface area contributed by atoms with Crippen molar-refractivity contribution in [3.63, 3.8) is 0 Å². The lowest BCUT2D eigenvalue weighted by atomic mass is 10.0. The number of carbonyl (C=O) groups is 1. The second-order valence-corrected chi connectivity index (χ2v) is 8.78. The SMILES string of the molecule is Cc1nc(Nc2ccc(Br)cc2)sc1C(=O)N(C)Cc1cccc2ccccc12. The number of nitrogens with zero attached hydrogens (tertiary/aromatic N) is 2. The third kappa shape index (κ3) is 4.33. The van der Waals surface area contributed by atoms with Gasteiger partial charge < -0.3 is 10.2 Å². The lowest BCUT2D eigenvalue weighted by molar-refractivity contribution is 0.0789. The van der Waals surface area contributed by atoms with Gasteiger partial charge in [0.1, 0.15) is 4.88 Å². The number of hydrogen-bond donors (Lipinski definition) is 1. The molecule has 146 valence electrons. The maximum absolute atomic E-state index is 13.1. The van der Waals surface area contributed by atoms with Crippen molar-refractivity contribution >= 4 is 54.8 Å². The Labute approximate surface area is 182 Å². The van der Waals surface area contributed by atoms with Crippen molar-refractivity contribution in [3.05, 3.63) is 87.3 Å². The van der Waals surface area contributed by atoms with E-state index < -0.39 is 0 Å². The highest BCUT2D eigenvalue weighted by atomic mass is 79.9. The topological polar surface area (TPSA) is 45.2 Å². The van der Waals surface area contributed by atoms with Gasteiger partial charge in [0.05, 0.1) is 5.69 Å². The van der Waals surface area contributed by atoms with Crippen LogP contribution in [0.3, 0.4) is 0 Å². The summed E-state index contributed by atoms with van der Waals surface area (Å²) in [4.78, 5) is 20.0. The van der Waals surface area contributed by atoms with Crippen LogP contribution in [-0.2, 0) is 6.54 Å². The Balaban J connectivity index is 1.53. The number of fused-ring (bicyclic) bond motifs is 1. The Morgan fingerprint density at radius 3 is 2.59 bits per heavy atom. The summed E-state index contributed by atoms with van der Waals surface area (Å²) in [6.07, 6.45) is 0. The number of nitrogens with one attached hydrogen (secondary N) is 1. The molecule has 0 fully saturated rings. The van der Waals surface area contributed by atoms with E-state index in [1.807, 2.05) is 56.4 Å². The van der Waals surface area contributed by atoms with Gasteiger partial charge in [0.2, 0.25) is 0 Å². The van der Waals surface area contributed by atoms with E-state index in [4.69, 9.17) is 0 Å². The molecule has 1 amide bonds. The number of aromatic nitrogens is 1. The molecule has 4 rings (SSSR count). The Kier molecular flexibility index (Phi) is 5.65. The zero-order chi connectivity index (χ0) is 20.4. The molecule has 6 heteroatoms. The fraction of sp³-hybridized carbons (Fsp3) is 0.130. The predicted octanol–water partition coefficient (Wildman–Crippen LogP) is 6.38. The van der Waals surface area contributed by atoms with Crippen LogP contribution in [0.5, 0.6) is 0 Å². The number of rotatable bonds is 5. The molecule has 1 heterocycles. The molecule has 29 heavy (non-hydrogen) atoms. The van der Waals surface area contributed by atoms with Gasteiger partial charge in [-0.15, -0.1) is 0 Å². The lowest BCUT2D eigenvalue weighted by Gasteiger charge is -2.18. The van der Waals surface area contributed by atoms with Gasteiger partial charge >= 0.3 is 0 Å². The van der Waals surface area contributed by atoms with Crippen LogP contribution in [0, 0.1) is 6.92 Å². The molecular weight excluding hydrogens is 446 g/mol. The van der Waals surface area contributed by atoms with Crippen molar-refractivity contribution in [1.29, 1.82) is 0 Å². The van der Waals surface area contributed by atoms with Crippen molar-refractivity contribution in [1.82, 2.24) is 9.88 Å². The molecule has 3 aromatic carbocycles. The van der Waals surface area contributed by atoms with Crippen molar-refractivity contribution in [2.24, 2.45) is 0 Å². The summed E-state index contributed by atoms with van der Waals surface area (Å²) in [5.41, 5.74) is 2.81. The van der Waals surface area contributed by atoms with Crippen molar-refractivity contribution < 1.29 is 4.79 Å². The van der Waals surface area contributed by atoms with E-state index in [0.717, 1.165) is 21.4 Å². The third-order valence-corrected chi connectivity index (χ3v) is 6.31. The molecule has 0 aliphatic carbocycles. The zero-order valence-corrected chi connectivity index (χ0v) is 18.5. The Morgan fingerprint density at radius 2 is 1.79 bits per heavy atom. The van der Waals surface area contributed by atoms with Crippen LogP contribution in [-0.4, -0.2) is 22.8 Å². The van der Waals surface area contributed by atoms with E-state index >= 15 is 0 Å². The number of amides is 1. The van der Waals surface area contributed by atoms with Gasteiger partial charge in [0.25, 0.3) is 5.91 Å². The molecule has 0 bridgehead atoms. The van der Waals surface area contributed by atoms with Crippen LogP contribution in [0.25, 0.3) is 10.8 Å². The summed E-state index contributed by atoms with van der Waals surface area (Å²) in [5, 5.41) is 6.35. The average Bonchev–Trinajstić information content (AvgIpc) is 3.09. The van der Waals surface area contributed by atoms with Gasteiger partial charge in [-0.25, -0.2) is 4.98 Å². The van der Waals surface area contributed by atoms with E-state index in [2.05, 4.69) is 50.5 Å². The average molecular weight is 466 g/mol. The molecule has 1 aromatic heterocycles. The molecule has 0 atom stereocenters. The standard InChI is InChI=1S/C23H20BrN3OS/c1-15-21(29-23(25-15)26-19-12-10-18(24)11-13-19)22(28)27(2)14-17-8-5-7-16-6-3-4-9-20(16)17/h3-13H,14H2,1-2H3,(H,25,26). The van der Waals surface area contributed by atoms with Gasteiger partial charge in [-0.2, -0.15) is 0 Å². The summed E-state index contributed by atoms with van der Waals surface area (Å²) < 4.78 is 1.02. The highest BCUT2D eigenvalue weighted by molar-refractivity contribution is 9.10. The summed E-state index contributed by atoms with van der Waals surface area (Å²) in [6, 6.07) is 22.3. The number of hydrogen-bond acceptors (Lipinski definition) is 4. The second kappa shape index (κ2) is 8.35. The summed E-state index contributed by atoms with van der Waals surface area (Å²) in [7, 11) is 1.84. The minimum Gasteiger partial charge on any atom is -0.337 e. The Hall–Kier alpha value is -2.70. The summed E-state index contributed by atoms with van der Waals surface area (Å²) in [5.74, 6) is -0.0169. The first-order valence-electron chi connectivity index (χ1n) is 9.23. The van der Waals surface area contributed by atoms with E-state index in [-0.39, 0.29) is 5.91 Å². The smallest absolute Gasteiger partial charge is 0.265 e. The number of aryl methyl sites for hydroxylation is 1. The molecule has 0 radical (unpaired) electrons. The van der Waals surface area contributed by atoms with Gasteiger partial charge in [0, 0.05) is 23.8 Å². The van der Waals surface area contributed by atoms with E-state index in [0.29, 0.717) is 16.6 Å². The second-order valence-electron chi connectivity index (χ2n) is 6.86. The van der Waals surface area contributed by atoms with E-state index in [9.17, 15) is 4.79 Å². The lowest BCUT2D eigenvalue weighted by Crippen LogP contribution is -2.26. The Bertz CT molecular complexity index is 1170. The van der Waals surface area contributed by atoms with Gasteiger partial charge in [-0.1, -0.05) is 69.7 Å². The van der Waals surface area contributed by atoms with E-state index in [1.165, 1.54) is 22.1 Å². The number of anilines is 2. The summed E-state index contributed by atoms with van der Waals surface area (Å²) >= 11 is 4.82. The maximum Gasteiger partial charge on any atom is 0.265 e.